The molecular weight excluding hydrogens is 408 g/mol. The molecule has 0 saturated carbocycles. The SMILES string of the molecule is Cl.O=C(c1cn(Cc2cccs2)nn1)N(Cc1ccccn1)C1CCCNCC1. The summed E-state index contributed by atoms with van der Waals surface area (Å²) in [7, 11) is 0. The quantitative estimate of drug-likeness (QED) is 0.648. The van der Waals surface area contributed by atoms with E-state index in [1.165, 1.54) is 4.88 Å². The Morgan fingerprint density at radius 3 is 2.97 bits per heavy atom. The number of nitrogens with one attached hydrogen (secondary N) is 1. The third-order valence-electron chi connectivity index (χ3n) is 4.96. The molecule has 0 spiro atoms. The lowest BCUT2D eigenvalue weighted by Crippen LogP contribution is -2.40. The van der Waals surface area contributed by atoms with Crippen LogP contribution in [0, 0.1) is 0 Å². The number of nitrogens with zero attached hydrogens (tertiary/aromatic N) is 5. The Kier molecular flexibility index (Phi) is 7.74. The fourth-order valence-electron chi connectivity index (χ4n) is 3.53. The van der Waals surface area contributed by atoms with E-state index >= 15 is 0 Å². The van der Waals surface area contributed by atoms with Crippen LogP contribution in [0.25, 0.3) is 0 Å². The number of carbonyl (C=O) groups is 1. The van der Waals surface area contributed by atoms with Crippen LogP contribution in [0.5, 0.6) is 0 Å². The second-order valence-electron chi connectivity index (χ2n) is 6.97. The molecule has 1 atom stereocenters. The number of amides is 1. The first-order valence-corrected chi connectivity index (χ1v) is 10.5. The Morgan fingerprint density at radius 1 is 1.24 bits per heavy atom. The van der Waals surface area contributed by atoms with Gasteiger partial charge in [0.1, 0.15) is 0 Å². The maximum absolute atomic E-state index is 13.3. The summed E-state index contributed by atoms with van der Waals surface area (Å²) in [4.78, 5) is 20.9. The molecule has 1 unspecified atom stereocenters. The minimum atomic E-state index is -0.0741. The van der Waals surface area contributed by atoms with Crippen LogP contribution in [0.1, 0.15) is 40.3 Å². The van der Waals surface area contributed by atoms with Crippen LogP contribution in [-0.4, -0.2) is 49.9 Å². The van der Waals surface area contributed by atoms with Gasteiger partial charge in [-0.05, 0) is 55.9 Å². The third-order valence-corrected chi connectivity index (χ3v) is 5.82. The largest absolute Gasteiger partial charge is 0.328 e. The van der Waals surface area contributed by atoms with Crippen molar-refractivity contribution >= 4 is 29.7 Å². The van der Waals surface area contributed by atoms with Crippen molar-refractivity contribution in [3.05, 3.63) is 64.4 Å². The predicted molar refractivity (Wildman–Crippen MR) is 115 cm³/mol. The molecule has 4 rings (SSSR count). The molecular formula is C20H25ClN6OS. The predicted octanol–water partition coefficient (Wildman–Crippen LogP) is 2.99. The molecule has 1 N–H and O–H groups in total. The maximum atomic E-state index is 13.3. The molecule has 9 heteroatoms. The fourth-order valence-corrected chi connectivity index (χ4v) is 4.22. The zero-order valence-electron chi connectivity index (χ0n) is 16.1. The van der Waals surface area contributed by atoms with Gasteiger partial charge in [0.15, 0.2) is 5.69 Å². The highest BCUT2D eigenvalue weighted by molar-refractivity contribution is 7.09. The zero-order valence-corrected chi connectivity index (χ0v) is 17.7. The van der Waals surface area contributed by atoms with E-state index in [-0.39, 0.29) is 24.4 Å². The molecule has 154 valence electrons. The summed E-state index contributed by atoms with van der Waals surface area (Å²) in [5.74, 6) is -0.0741. The number of aromatic nitrogens is 4. The van der Waals surface area contributed by atoms with Crippen molar-refractivity contribution in [1.82, 2.24) is 30.2 Å². The molecule has 3 aromatic rings. The number of rotatable bonds is 6. The van der Waals surface area contributed by atoms with Gasteiger partial charge in [-0.25, -0.2) is 4.68 Å². The molecule has 7 nitrogen and oxygen atoms in total. The summed E-state index contributed by atoms with van der Waals surface area (Å²) in [6.07, 6.45) is 6.49. The van der Waals surface area contributed by atoms with Crippen molar-refractivity contribution in [1.29, 1.82) is 0 Å². The summed E-state index contributed by atoms with van der Waals surface area (Å²) < 4.78 is 1.73. The Bertz CT molecular complexity index is 878. The minimum absolute atomic E-state index is 0. The number of carbonyl (C=O) groups excluding carboxylic acids is 1. The lowest BCUT2D eigenvalue weighted by molar-refractivity contribution is 0.0636. The highest BCUT2D eigenvalue weighted by Crippen LogP contribution is 2.19. The first kappa shape index (κ1) is 21.4. The second kappa shape index (κ2) is 10.5. The summed E-state index contributed by atoms with van der Waals surface area (Å²) in [5.41, 5.74) is 1.28. The fraction of sp³-hybridized carbons (Fsp3) is 0.400. The Hall–Kier alpha value is -2.29. The number of hydrogen-bond acceptors (Lipinski definition) is 6. The maximum Gasteiger partial charge on any atom is 0.276 e. The third kappa shape index (κ3) is 5.62. The number of thiophene rings is 1. The number of pyridine rings is 1. The van der Waals surface area contributed by atoms with Gasteiger partial charge in [-0.15, -0.1) is 28.8 Å². The van der Waals surface area contributed by atoms with Crippen LogP contribution in [0.15, 0.2) is 48.1 Å². The van der Waals surface area contributed by atoms with Crippen LogP contribution in [0.3, 0.4) is 0 Å². The number of hydrogen-bond donors (Lipinski definition) is 1. The van der Waals surface area contributed by atoms with E-state index in [1.807, 2.05) is 34.5 Å². The average Bonchev–Trinajstić information content (AvgIpc) is 3.33. The van der Waals surface area contributed by atoms with Gasteiger partial charge < -0.3 is 10.2 Å². The summed E-state index contributed by atoms with van der Waals surface area (Å²) in [6, 6.07) is 10.0. The van der Waals surface area contributed by atoms with E-state index in [1.54, 1.807) is 28.4 Å². The summed E-state index contributed by atoms with van der Waals surface area (Å²) in [6.45, 7) is 3.04. The Balaban J connectivity index is 0.00000240. The average molecular weight is 433 g/mol. The van der Waals surface area contributed by atoms with E-state index in [2.05, 4.69) is 26.7 Å². The summed E-state index contributed by atoms with van der Waals surface area (Å²) >= 11 is 1.67. The molecule has 1 amide bonds. The lowest BCUT2D eigenvalue weighted by Gasteiger charge is -2.30. The normalized spacial score (nSPS) is 16.6. The highest BCUT2D eigenvalue weighted by Gasteiger charge is 2.28. The number of halogens is 1. The molecule has 3 aromatic heterocycles. The topological polar surface area (TPSA) is 75.9 Å². The van der Waals surface area contributed by atoms with Crippen molar-refractivity contribution in [2.45, 2.75) is 38.4 Å². The Labute approximate surface area is 180 Å². The van der Waals surface area contributed by atoms with E-state index in [0.717, 1.165) is 38.0 Å². The highest BCUT2D eigenvalue weighted by atomic mass is 35.5. The first-order chi connectivity index (χ1) is 13.8. The monoisotopic (exact) mass is 432 g/mol. The van der Waals surface area contributed by atoms with Gasteiger partial charge in [-0.2, -0.15) is 0 Å². The molecule has 4 heterocycles. The van der Waals surface area contributed by atoms with E-state index in [9.17, 15) is 4.79 Å². The lowest BCUT2D eigenvalue weighted by atomic mass is 10.1. The molecule has 1 saturated heterocycles. The van der Waals surface area contributed by atoms with Crippen LogP contribution in [0.2, 0.25) is 0 Å². The molecule has 0 bridgehead atoms. The van der Waals surface area contributed by atoms with Crippen molar-refractivity contribution in [3.63, 3.8) is 0 Å². The van der Waals surface area contributed by atoms with Crippen molar-refractivity contribution in [2.24, 2.45) is 0 Å². The molecule has 0 radical (unpaired) electrons. The molecule has 0 aromatic carbocycles. The van der Waals surface area contributed by atoms with Gasteiger partial charge in [0.05, 0.1) is 25.0 Å². The van der Waals surface area contributed by atoms with Gasteiger partial charge >= 0.3 is 0 Å². The molecule has 29 heavy (non-hydrogen) atoms. The van der Waals surface area contributed by atoms with Gasteiger partial charge in [0, 0.05) is 17.1 Å². The van der Waals surface area contributed by atoms with E-state index in [4.69, 9.17) is 0 Å². The first-order valence-electron chi connectivity index (χ1n) is 9.64. The van der Waals surface area contributed by atoms with Gasteiger partial charge in [-0.3, -0.25) is 9.78 Å². The standard InChI is InChI=1S/C20H24N6OS.ClH/c27-20(19-15-25(24-23-19)14-18-7-4-12-28-18)26(13-16-5-1-2-10-22-16)17-6-3-9-21-11-8-17;/h1-2,4-5,7,10,12,15,17,21H,3,6,8-9,11,13-14H2;1H. The smallest absolute Gasteiger partial charge is 0.276 e. The van der Waals surface area contributed by atoms with Crippen LogP contribution >= 0.6 is 23.7 Å². The van der Waals surface area contributed by atoms with Gasteiger partial charge in [0.25, 0.3) is 5.91 Å². The molecule has 0 aliphatic carbocycles. The van der Waals surface area contributed by atoms with Crippen LogP contribution in [0.4, 0.5) is 0 Å². The summed E-state index contributed by atoms with van der Waals surface area (Å²) in [5, 5.41) is 13.8. The van der Waals surface area contributed by atoms with Gasteiger partial charge in [0.2, 0.25) is 0 Å². The van der Waals surface area contributed by atoms with E-state index < -0.39 is 0 Å². The molecule has 1 aliphatic rings. The second-order valence-corrected chi connectivity index (χ2v) is 8.00. The molecule has 1 aliphatic heterocycles. The van der Waals surface area contributed by atoms with Gasteiger partial charge in [-0.1, -0.05) is 17.3 Å². The van der Waals surface area contributed by atoms with Crippen molar-refractivity contribution in [2.75, 3.05) is 13.1 Å². The Morgan fingerprint density at radius 2 is 2.17 bits per heavy atom. The molecule has 1 fully saturated rings. The zero-order chi connectivity index (χ0) is 19.2. The van der Waals surface area contributed by atoms with Crippen molar-refractivity contribution in [3.8, 4) is 0 Å². The minimum Gasteiger partial charge on any atom is -0.328 e. The van der Waals surface area contributed by atoms with E-state index in [0.29, 0.717) is 18.8 Å². The van der Waals surface area contributed by atoms with Crippen LogP contribution < -0.4 is 5.32 Å². The van der Waals surface area contributed by atoms with Crippen molar-refractivity contribution < 1.29 is 4.79 Å². The van der Waals surface area contributed by atoms with Crippen LogP contribution in [-0.2, 0) is 13.1 Å².